The van der Waals surface area contributed by atoms with Crippen molar-refractivity contribution in [3.05, 3.63) is 63.8 Å². The van der Waals surface area contributed by atoms with Gasteiger partial charge in [0.05, 0.1) is 22.8 Å². The highest BCUT2D eigenvalue weighted by molar-refractivity contribution is 7.07. The largest absolute Gasteiger partial charge is 0.382 e. The van der Waals surface area contributed by atoms with Crippen LogP contribution in [0.1, 0.15) is 5.56 Å². The zero-order chi connectivity index (χ0) is 18.4. The van der Waals surface area contributed by atoms with E-state index >= 15 is 0 Å². The monoisotopic (exact) mass is 375 g/mol. The fraction of sp³-hybridized carbons (Fsp3) is 0.158. The van der Waals surface area contributed by atoms with E-state index in [4.69, 9.17) is 10.7 Å². The van der Waals surface area contributed by atoms with Crippen molar-refractivity contribution in [3.63, 3.8) is 0 Å². The quantitative estimate of drug-likeness (QED) is 0.589. The zero-order valence-corrected chi connectivity index (χ0v) is 15.5. The summed E-state index contributed by atoms with van der Waals surface area (Å²) in [4.78, 5) is 20.0. The van der Waals surface area contributed by atoms with Crippen molar-refractivity contribution in [1.82, 2.24) is 19.5 Å². The number of anilines is 2. The fourth-order valence-electron chi connectivity index (χ4n) is 3.37. The number of nitrogen functional groups attached to an aromatic ring is 1. The number of para-hydroxylation sites is 1. The Morgan fingerprint density at radius 2 is 2.04 bits per heavy atom. The summed E-state index contributed by atoms with van der Waals surface area (Å²) in [5.41, 5.74) is 9.61. The summed E-state index contributed by atoms with van der Waals surface area (Å²) in [5.74, 6) is 0.391. The van der Waals surface area contributed by atoms with E-state index < -0.39 is 0 Å². The Bertz CT molecular complexity index is 1260. The smallest absolute Gasteiger partial charge is 0.165 e. The van der Waals surface area contributed by atoms with Crippen molar-refractivity contribution in [2.24, 2.45) is 4.99 Å². The first-order valence-corrected chi connectivity index (χ1v) is 9.47. The lowest BCUT2D eigenvalue weighted by Gasteiger charge is -2.31. The molecule has 2 N–H and O–H groups in total. The van der Waals surface area contributed by atoms with Gasteiger partial charge in [-0.15, -0.1) is 11.3 Å². The number of hydrogen-bond acceptors (Lipinski definition) is 7. The lowest BCUT2D eigenvalue weighted by Crippen LogP contribution is -2.42. The molecule has 1 aliphatic rings. The van der Waals surface area contributed by atoms with Crippen LogP contribution >= 0.6 is 11.3 Å². The summed E-state index contributed by atoms with van der Waals surface area (Å²) in [5, 5.41) is 3.09. The predicted molar refractivity (Wildman–Crippen MR) is 107 cm³/mol. The van der Waals surface area contributed by atoms with Gasteiger partial charge in [-0.25, -0.2) is 15.0 Å². The second-order valence-corrected chi connectivity index (χ2v) is 7.38. The van der Waals surface area contributed by atoms with E-state index in [1.807, 2.05) is 4.57 Å². The van der Waals surface area contributed by atoms with E-state index in [9.17, 15) is 0 Å². The Kier molecular flexibility index (Phi) is 3.64. The van der Waals surface area contributed by atoms with Gasteiger partial charge in [0.15, 0.2) is 11.5 Å². The molecule has 1 aliphatic heterocycles. The zero-order valence-electron chi connectivity index (χ0n) is 14.6. The van der Waals surface area contributed by atoms with E-state index in [0.29, 0.717) is 17.9 Å². The van der Waals surface area contributed by atoms with Gasteiger partial charge in [0.25, 0.3) is 0 Å². The SMILES string of the molecule is Cc1ccccc1N1C=c2sccc2=NC1Cn1cnc2c(N)ncnc21. The molecular formula is C19H17N7S. The maximum absolute atomic E-state index is 5.92. The third-order valence-electron chi connectivity index (χ3n) is 4.72. The molecule has 1 aromatic carbocycles. The molecular weight excluding hydrogens is 358 g/mol. The van der Waals surface area contributed by atoms with Gasteiger partial charge in [-0.1, -0.05) is 18.2 Å². The first kappa shape index (κ1) is 16.0. The fourth-order valence-corrected chi connectivity index (χ4v) is 4.13. The van der Waals surface area contributed by atoms with E-state index in [1.165, 1.54) is 11.9 Å². The summed E-state index contributed by atoms with van der Waals surface area (Å²) >= 11 is 1.70. The Morgan fingerprint density at radius 1 is 1.15 bits per heavy atom. The number of rotatable bonds is 3. The van der Waals surface area contributed by atoms with Crippen LogP contribution in [-0.4, -0.2) is 25.7 Å². The number of aromatic nitrogens is 4. The maximum atomic E-state index is 5.92. The predicted octanol–water partition coefficient (Wildman–Crippen LogP) is 1.68. The number of nitrogens with two attached hydrogens (primary N) is 1. The molecule has 1 unspecified atom stereocenters. The lowest BCUT2D eigenvalue weighted by atomic mass is 10.1. The van der Waals surface area contributed by atoms with Crippen LogP contribution in [0.4, 0.5) is 11.5 Å². The van der Waals surface area contributed by atoms with E-state index in [0.717, 1.165) is 21.2 Å². The average Bonchev–Trinajstić information content (AvgIpc) is 3.29. The van der Waals surface area contributed by atoms with Gasteiger partial charge in [0.2, 0.25) is 0 Å². The Hall–Kier alpha value is -3.26. The molecule has 0 bridgehead atoms. The number of fused-ring (bicyclic) bond motifs is 2. The highest BCUT2D eigenvalue weighted by atomic mass is 32.1. The second-order valence-electron chi connectivity index (χ2n) is 6.43. The van der Waals surface area contributed by atoms with Crippen LogP contribution in [0.25, 0.3) is 17.4 Å². The molecule has 0 fully saturated rings. The van der Waals surface area contributed by atoms with E-state index in [1.54, 1.807) is 17.7 Å². The van der Waals surface area contributed by atoms with E-state index in [2.05, 4.69) is 68.7 Å². The normalized spacial score (nSPS) is 16.0. The van der Waals surface area contributed by atoms with Crippen LogP contribution in [0, 0.1) is 6.92 Å². The van der Waals surface area contributed by atoms with Crippen LogP contribution in [0.15, 0.2) is 53.4 Å². The number of aryl methyl sites for hydroxylation is 1. The molecule has 0 radical (unpaired) electrons. The first-order chi connectivity index (χ1) is 13.2. The molecule has 4 heterocycles. The van der Waals surface area contributed by atoms with Gasteiger partial charge < -0.3 is 15.2 Å². The average molecular weight is 375 g/mol. The summed E-state index contributed by atoms with van der Waals surface area (Å²) in [6.07, 6.45) is 5.30. The molecule has 134 valence electrons. The molecule has 1 atom stereocenters. The van der Waals surface area contributed by atoms with Crippen molar-refractivity contribution in [2.75, 3.05) is 10.6 Å². The second kappa shape index (κ2) is 6.17. The van der Waals surface area contributed by atoms with Gasteiger partial charge >= 0.3 is 0 Å². The third kappa shape index (κ3) is 2.65. The molecule has 27 heavy (non-hydrogen) atoms. The van der Waals surface area contributed by atoms with Crippen LogP contribution in [0.3, 0.4) is 0 Å². The molecule has 5 rings (SSSR count). The summed E-state index contributed by atoms with van der Waals surface area (Å²) in [6.45, 7) is 2.72. The summed E-state index contributed by atoms with van der Waals surface area (Å²) in [7, 11) is 0. The molecule has 7 nitrogen and oxygen atoms in total. The molecule has 8 heteroatoms. The molecule has 4 aromatic rings. The number of thiophene rings is 1. The standard InChI is InChI=1S/C19H17N7S/c1-12-4-2-3-5-14(12)26-8-15-13(6-7-27-15)24-16(26)9-25-11-23-17-18(20)21-10-22-19(17)25/h2-8,10-11,16H,9H2,1H3,(H2,20,21,22). The van der Waals surface area contributed by atoms with Crippen molar-refractivity contribution in [1.29, 1.82) is 0 Å². The van der Waals surface area contributed by atoms with Crippen molar-refractivity contribution in [3.8, 4) is 0 Å². The van der Waals surface area contributed by atoms with Crippen molar-refractivity contribution in [2.45, 2.75) is 19.6 Å². The Labute approximate surface area is 159 Å². The molecule has 0 aliphatic carbocycles. The van der Waals surface area contributed by atoms with Crippen LogP contribution in [-0.2, 0) is 6.54 Å². The molecule has 0 saturated carbocycles. The topological polar surface area (TPSA) is 85.2 Å². The maximum Gasteiger partial charge on any atom is 0.165 e. The number of benzene rings is 1. The number of hydrogen-bond donors (Lipinski definition) is 1. The van der Waals surface area contributed by atoms with Gasteiger partial charge in [-0.3, -0.25) is 4.99 Å². The van der Waals surface area contributed by atoms with Gasteiger partial charge in [-0.05, 0) is 30.0 Å². The van der Waals surface area contributed by atoms with Gasteiger partial charge in [-0.2, -0.15) is 0 Å². The van der Waals surface area contributed by atoms with Crippen LogP contribution < -0.4 is 20.5 Å². The van der Waals surface area contributed by atoms with Gasteiger partial charge in [0.1, 0.15) is 18.0 Å². The third-order valence-corrected chi connectivity index (χ3v) is 5.56. The minimum Gasteiger partial charge on any atom is -0.382 e. The lowest BCUT2D eigenvalue weighted by molar-refractivity contribution is 0.557. The molecule has 0 saturated heterocycles. The summed E-state index contributed by atoms with van der Waals surface area (Å²) in [6, 6.07) is 10.4. The van der Waals surface area contributed by atoms with Crippen LogP contribution in [0.5, 0.6) is 0 Å². The van der Waals surface area contributed by atoms with Crippen LogP contribution in [0.2, 0.25) is 0 Å². The highest BCUT2D eigenvalue weighted by Crippen LogP contribution is 2.25. The Balaban J connectivity index is 1.62. The van der Waals surface area contributed by atoms with Crippen molar-refractivity contribution < 1.29 is 0 Å². The highest BCUT2D eigenvalue weighted by Gasteiger charge is 2.22. The van der Waals surface area contributed by atoms with E-state index in [-0.39, 0.29) is 6.17 Å². The number of nitrogens with zero attached hydrogens (tertiary/aromatic N) is 6. The Morgan fingerprint density at radius 3 is 2.93 bits per heavy atom. The minimum absolute atomic E-state index is 0.109. The van der Waals surface area contributed by atoms with Crippen molar-refractivity contribution >= 4 is 40.2 Å². The molecule has 0 amide bonds. The molecule has 3 aromatic heterocycles. The molecule has 0 spiro atoms. The minimum atomic E-state index is -0.109. The summed E-state index contributed by atoms with van der Waals surface area (Å²) < 4.78 is 3.15. The first-order valence-electron chi connectivity index (χ1n) is 8.59. The number of imidazole rings is 1. The van der Waals surface area contributed by atoms with Gasteiger partial charge in [0, 0.05) is 11.9 Å².